The van der Waals surface area contributed by atoms with E-state index in [1.54, 1.807) is 0 Å². The third-order valence-corrected chi connectivity index (χ3v) is 16.1. The van der Waals surface area contributed by atoms with Crippen LogP contribution in [0.15, 0.2) is 60.7 Å². The fourth-order valence-corrected chi connectivity index (χ4v) is 12.4. The zero-order chi connectivity index (χ0) is 15.7. The topological polar surface area (TPSA) is 20.2 Å². The Morgan fingerprint density at radius 2 is 1.32 bits per heavy atom. The number of aliphatic hydroxyl groups excluding tert-OH is 1. The van der Waals surface area contributed by atoms with Crippen molar-refractivity contribution in [3.05, 3.63) is 60.7 Å². The molecule has 118 valence electrons. The first kappa shape index (κ1) is 16.4. The Kier molecular flexibility index (Phi) is 4.64. The summed E-state index contributed by atoms with van der Waals surface area (Å²) in [5.74, 6) is 0. The Bertz CT molecular complexity index is 583. The molecular formula is C19H24IOP. The molecule has 3 rings (SSSR count). The molecule has 0 radical (unpaired) electrons. The Balaban J connectivity index is 2.22. The van der Waals surface area contributed by atoms with Crippen LogP contribution in [0.2, 0.25) is 0 Å². The van der Waals surface area contributed by atoms with E-state index in [1.807, 2.05) is 0 Å². The fraction of sp³-hybridized carbons (Fsp3) is 0.368. The molecule has 2 aromatic carbocycles. The van der Waals surface area contributed by atoms with Gasteiger partial charge in [-0.05, 0) is 0 Å². The monoisotopic (exact) mass is 426 g/mol. The van der Waals surface area contributed by atoms with E-state index in [9.17, 15) is 5.11 Å². The Morgan fingerprint density at radius 3 is 1.77 bits per heavy atom. The summed E-state index contributed by atoms with van der Waals surface area (Å²) < 4.78 is -2.44. The summed E-state index contributed by atoms with van der Waals surface area (Å²) in [5.41, 5.74) is 0.352. The van der Waals surface area contributed by atoms with Crippen LogP contribution in [0.25, 0.3) is 0 Å². The summed E-state index contributed by atoms with van der Waals surface area (Å²) in [6.45, 7) is 2.44. The number of benzene rings is 2. The molecule has 2 aromatic rings. The first-order chi connectivity index (χ1) is 10.5. The van der Waals surface area contributed by atoms with Gasteiger partial charge in [-0.25, -0.2) is 0 Å². The minimum atomic E-state index is -2.44. The first-order valence-corrected chi connectivity index (χ1v) is 13.6. The van der Waals surface area contributed by atoms with E-state index in [-0.39, 0.29) is 6.10 Å². The maximum absolute atomic E-state index is 10.8. The Labute approximate surface area is 146 Å². The molecule has 0 aliphatic heterocycles. The van der Waals surface area contributed by atoms with Crippen LogP contribution in [0.3, 0.4) is 0 Å². The van der Waals surface area contributed by atoms with Gasteiger partial charge in [-0.2, -0.15) is 0 Å². The fourth-order valence-electron chi connectivity index (χ4n) is 3.93. The second kappa shape index (κ2) is 6.22. The summed E-state index contributed by atoms with van der Waals surface area (Å²) in [6, 6.07) is 21.8. The Morgan fingerprint density at radius 1 is 0.864 bits per heavy atom. The standard InChI is InChI=1S/C19H24IOP/c1-22(20,16-10-4-2-5-11-16,17-12-6-3-7-13-17)19-15-9-8-14-18(19)21/h2-7,10-13,18-19,21H,8-9,14-15H2,1H3. The van der Waals surface area contributed by atoms with E-state index in [1.165, 1.54) is 17.0 Å². The molecule has 1 N–H and O–H groups in total. The van der Waals surface area contributed by atoms with Gasteiger partial charge in [-0.15, -0.1) is 0 Å². The molecule has 1 saturated carbocycles. The zero-order valence-electron chi connectivity index (χ0n) is 13.0. The maximum atomic E-state index is 10.8. The van der Waals surface area contributed by atoms with Gasteiger partial charge < -0.3 is 0 Å². The molecular weight excluding hydrogens is 402 g/mol. The van der Waals surface area contributed by atoms with E-state index in [0.717, 1.165) is 19.3 Å². The predicted octanol–water partition coefficient (Wildman–Crippen LogP) is 4.47. The van der Waals surface area contributed by atoms with Gasteiger partial charge in [0.2, 0.25) is 0 Å². The normalized spacial score (nSPS) is 24.4. The number of hydrogen-bond donors (Lipinski definition) is 1. The van der Waals surface area contributed by atoms with Crippen molar-refractivity contribution < 1.29 is 5.11 Å². The van der Waals surface area contributed by atoms with Crippen molar-refractivity contribution in [2.75, 3.05) is 6.66 Å². The minimum absolute atomic E-state index is 0.186. The Hall–Kier alpha value is -0.440. The van der Waals surface area contributed by atoms with Crippen molar-refractivity contribution in [3.8, 4) is 0 Å². The number of halogens is 1. The summed E-state index contributed by atoms with van der Waals surface area (Å²) in [4.78, 5) is 0. The molecule has 1 aliphatic rings. The van der Waals surface area contributed by atoms with Crippen LogP contribution in [0.1, 0.15) is 25.7 Å². The van der Waals surface area contributed by atoms with Gasteiger partial charge >= 0.3 is 147 Å². The molecule has 0 bridgehead atoms. The van der Waals surface area contributed by atoms with E-state index in [0.29, 0.717) is 5.66 Å². The zero-order valence-corrected chi connectivity index (χ0v) is 16.1. The number of hydrogen-bond acceptors (Lipinski definition) is 1. The van der Waals surface area contributed by atoms with Crippen LogP contribution in [-0.4, -0.2) is 23.5 Å². The van der Waals surface area contributed by atoms with Crippen LogP contribution in [0.4, 0.5) is 0 Å². The van der Waals surface area contributed by atoms with Crippen molar-refractivity contribution in [3.63, 3.8) is 0 Å². The third kappa shape index (κ3) is 2.64. The van der Waals surface area contributed by atoms with E-state index in [2.05, 4.69) is 89.4 Å². The molecule has 3 heteroatoms. The molecule has 1 fully saturated rings. The quantitative estimate of drug-likeness (QED) is 0.567. The van der Waals surface area contributed by atoms with E-state index >= 15 is 0 Å². The van der Waals surface area contributed by atoms with Gasteiger partial charge in [0.1, 0.15) is 0 Å². The molecule has 0 amide bonds. The average Bonchev–Trinajstić information content (AvgIpc) is 2.57. The van der Waals surface area contributed by atoms with Crippen molar-refractivity contribution in [2.45, 2.75) is 37.4 Å². The van der Waals surface area contributed by atoms with Gasteiger partial charge in [0, 0.05) is 0 Å². The molecule has 22 heavy (non-hydrogen) atoms. The first-order valence-electron chi connectivity index (χ1n) is 8.05. The van der Waals surface area contributed by atoms with E-state index < -0.39 is 4.25 Å². The molecule has 0 spiro atoms. The van der Waals surface area contributed by atoms with Crippen LogP contribution in [-0.2, 0) is 0 Å². The van der Waals surface area contributed by atoms with Crippen molar-refractivity contribution >= 4 is 36.9 Å². The SMILES string of the molecule is CP(I)(c1ccccc1)(c1ccccc1)C1CCCCC1O. The number of rotatable bonds is 3. The van der Waals surface area contributed by atoms with E-state index in [4.69, 9.17) is 0 Å². The molecule has 0 heterocycles. The van der Waals surface area contributed by atoms with Gasteiger partial charge in [-0.1, -0.05) is 0 Å². The molecule has 1 nitrogen and oxygen atoms in total. The number of aliphatic hydroxyl groups is 1. The van der Waals surface area contributed by atoms with Crippen LogP contribution in [0.5, 0.6) is 0 Å². The summed E-state index contributed by atoms with van der Waals surface area (Å²) in [5, 5.41) is 13.6. The average molecular weight is 426 g/mol. The van der Waals surface area contributed by atoms with Gasteiger partial charge in [0.15, 0.2) is 0 Å². The second-order valence-corrected chi connectivity index (χ2v) is 18.8. The van der Waals surface area contributed by atoms with Gasteiger partial charge in [0.05, 0.1) is 0 Å². The van der Waals surface area contributed by atoms with Crippen molar-refractivity contribution in [1.29, 1.82) is 0 Å². The van der Waals surface area contributed by atoms with Crippen molar-refractivity contribution in [2.24, 2.45) is 0 Å². The molecule has 2 atom stereocenters. The molecule has 2 unspecified atom stereocenters. The van der Waals surface area contributed by atoms with Crippen LogP contribution in [0, 0.1) is 0 Å². The molecule has 1 aliphatic carbocycles. The summed E-state index contributed by atoms with van der Waals surface area (Å²) in [7, 11) is 0. The van der Waals surface area contributed by atoms with Gasteiger partial charge in [-0.3, -0.25) is 0 Å². The van der Waals surface area contributed by atoms with Crippen LogP contribution < -0.4 is 10.6 Å². The third-order valence-electron chi connectivity index (χ3n) is 5.26. The van der Waals surface area contributed by atoms with Crippen LogP contribution >= 0.6 is 26.3 Å². The molecule has 0 aromatic heterocycles. The van der Waals surface area contributed by atoms with Crippen molar-refractivity contribution in [1.82, 2.24) is 0 Å². The second-order valence-electron chi connectivity index (χ2n) is 6.60. The summed E-state index contributed by atoms with van der Waals surface area (Å²) >= 11 is 2.75. The summed E-state index contributed by atoms with van der Waals surface area (Å²) in [6.07, 6.45) is 4.27. The molecule has 0 saturated heterocycles. The van der Waals surface area contributed by atoms with Gasteiger partial charge in [0.25, 0.3) is 0 Å². The predicted molar refractivity (Wildman–Crippen MR) is 107 cm³/mol.